The Morgan fingerprint density at radius 1 is 1.47 bits per heavy atom. The average molecular weight is 208 g/mol. The lowest BCUT2D eigenvalue weighted by Crippen LogP contribution is -2.04. The highest BCUT2D eigenvalue weighted by Crippen LogP contribution is 2.26. The molecule has 0 spiro atoms. The standard InChI is InChI=1S/C9H6F2N4/c10-9(11)8-7(14)5(4-13)3-6(15-8)1-2-12/h3,9H,1,14H2. The molecule has 0 fully saturated rings. The van der Waals surface area contributed by atoms with Gasteiger partial charge >= 0.3 is 0 Å². The summed E-state index contributed by atoms with van der Waals surface area (Å²) in [4.78, 5) is 3.52. The van der Waals surface area contributed by atoms with Crippen molar-refractivity contribution in [3.05, 3.63) is 23.0 Å². The van der Waals surface area contributed by atoms with Crippen LogP contribution in [0.3, 0.4) is 0 Å². The zero-order valence-electron chi connectivity index (χ0n) is 7.54. The van der Waals surface area contributed by atoms with E-state index in [0.29, 0.717) is 0 Å². The summed E-state index contributed by atoms with van der Waals surface area (Å²) in [6, 6.07) is 4.69. The number of nitriles is 2. The monoisotopic (exact) mass is 208 g/mol. The van der Waals surface area contributed by atoms with E-state index in [2.05, 4.69) is 4.98 Å². The van der Waals surface area contributed by atoms with Crippen molar-refractivity contribution in [2.24, 2.45) is 0 Å². The van der Waals surface area contributed by atoms with Crippen molar-refractivity contribution in [3.63, 3.8) is 0 Å². The second kappa shape index (κ2) is 4.34. The molecule has 2 N–H and O–H groups in total. The lowest BCUT2D eigenvalue weighted by Gasteiger charge is -2.06. The van der Waals surface area contributed by atoms with Gasteiger partial charge in [-0.2, -0.15) is 10.5 Å². The minimum absolute atomic E-state index is 0.0782. The number of alkyl halides is 2. The Balaban J connectivity index is 3.35. The molecule has 4 nitrogen and oxygen atoms in total. The maximum absolute atomic E-state index is 12.4. The van der Waals surface area contributed by atoms with Crippen LogP contribution in [0.5, 0.6) is 0 Å². The number of anilines is 1. The van der Waals surface area contributed by atoms with Gasteiger partial charge in [0.2, 0.25) is 0 Å². The van der Waals surface area contributed by atoms with Gasteiger partial charge in [0.05, 0.1) is 29.4 Å². The van der Waals surface area contributed by atoms with Crippen molar-refractivity contribution < 1.29 is 8.78 Å². The number of nitrogen functional groups attached to an aromatic ring is 1. The molecule has 0 atom stereocenters. The van der Waals surface area contributed by atoms with E-state index in [-0.39, 0.29) is 23.4 Å². The molecule has 1 rings (SSSR count). The number of pyridine rings is 1. The first kappa shape index (κ1) is 10.9. The van der Waals surface area contributed by atoms with Crippen molar-refractivity contribution in [1.29, 1.82) is 10.5 Å². The molecule has 0 bridgehead atoms. The zero-order valence-corrected chi connectivity index (χ0v) is 7.54. The molecule has 0 aliphatic heterocycles. The zero-order chi connectivity index (χ0) is 11.4. The van der Waals surface area contributed by atoms with Crippen LogP contribution >= 0.6 is 0 Å². The molecule has 1 aromatic rings. The van der Waals surface area contributed by atoms with Crippen LogP contribution in [0.2, 0.25) is 0 Å². The molecule has 0 amide bonds. The Morgan fingerprint density at radius 2 is 2.13 bits per heavy atom. The van der Waals surface area contributed by atoms with Gasteiger partial charge in [-0.15, -0.1) is 0 Å². The Bertz CT molecular complexity index is 456. The van der Waals surface area contributed by atoms with Crippen LogP contribution < -0.4 is 5.73 Å². The fraction of sp³-hybridized carbons (Fsp3) is 0.222. The highest BCUT2D eigenvalue weighted by Gasteiger charge is 2.17. The van der Waals surface area contributed by atoms with E-state index >= 15 is 0 Å². The van der Waals surface area contributed by atoms with Gasteiger partial charge in [-0.3, -0.25) is 0 Å². The molecule has 0 radical (unpaired) electrons. The van der Waals surface area contributed by atoms with Crippen molar-refractivity contribution in [2.75, 3.05) is 5.73 Å². The minimum atomic E-state index is -2.85. The predicted octanol–water partition coefficient (Wildman–Crippen LogP) is 1.54. The smallest absolute Gasteiger partial charge is 0.282 e. The van der Waals surface area contributed by atoms with Gasteiger partial charge in [-0.05, 0) is 6.07 Å². The van der Waals surface area contributed by atoms with Gasteiger partial charge in [-0.1, -0.05) is 0 Å². The lowest BCUT2D eigenvalue weighted by molar-refractivity contribution is 0.147. The Labute approximate surface area is 84.6 Å². The molecular weight excluding hydrogens is 202 g/mol. The number of rotatable bonds is 2. The van der Waals surface area contributed by atoms with Gasteiger partial charge in [0, 0.05) is 0 Å². The van der Waals surface area contributed by atoms with Crippen LogP contribution in [0.1, 0.15) is 23.4 Å². The second-order valence-corrected chi connectivity index (χ2v) is 2.71. The molecular formula is C9H6F2N4. The summed E-state index contributed by atoms with van der Waals surface area (Å²) < 4.78 is 24.9. The molecule has 1 aromatic heterocycles. The fourth-order valence-electron chi connectivity index (χ4n) is 1.06. The normalized spacial score (nSPS) is 9.67. The summed E-state index contributed by atoms with van der Waals surface area (Å²) in [6.07, 6.45) is -2.98. The molecule has 0 unspecified atom stereocenters. The van der Waals surface area contributed by atoms with E-state index in [1.165, 1.54) is 6.07 Å². The van der Waals surface area contributed by atoms with E-state index in [9.17, 15) is 8.78 Å². The minimum Gasteiger partial charge on any atom is -0.396 e. The summed E-state index contributed by atoms with van der Waals surface area (Å²) in [5.41, 5.74) is 4.39. The van der Waals surface area contributed by atoms with E-state index in [1.54, 1.807) is 12.1 Å². The number of nitrogens with zero attached hydrogens (tertiary/aromatic N) is 3. The predicted molar refractivity (Wildman–Crippen MR) is 47.6 cm³/mol. The molecule has 15 heavy (non-hydrogen) atoms. The number of aromatic nitrogens is 1. The number of hydrogen-bond donors (Lipinski definition) is 1. The SMILES string of the molecule is N#CCc1cc(C#N)c(N)c(C(F)F)n1. The Kier molecular flexibility index (Phi) is 3.14. The van der Waals surface area contributed by atoms with Crippen molar-refractivity contribution >= 4 is 5.69 Å². The summed E-state index contributed by atoms with van der Waals surface area (Å²) in [5, 5.41) is 17.0. The van der Waals surface area contributed by atoms with E-state index in [1.807, 2.05) is 0 Å². The third kappa shape index (κ3) is 2.18. The average Bonchev–Trinajstić information content (AvgIpc) is 2.20. The first-order valence-corrected chi connectivity index (χ1v) is 3.94. The molecule has 1 heterocycles. The highest BCUT2D eigenvalue weighted by molar-refractivity contribution is 5.58. The summed E-state index contributed by atoms with van der Waals surface area (Å²) in [6.45, 7) is 0. The first-order valence-electron chi connectivity index (χ1n) is 3.94. The van der Waals surface area contributed by atoms with E-state index < -0.39 is 12.1 Å². The van der Waals surface area contributed by atoms with Gasteiger partial charge < -0.3 is 5.73 Å². The molecule has 0 saturated carbocycles. The van der Waals surface area contributed by atoms with Crippen molar-refractivity contribution in [1.82, 2.24) is 4.98 Å². The summed E-state index contributed by atoms with van der Waals surface area (Å²) >= 11 is 0. The molecule has 0 saturated heterocycles. The number of hydrogen-bond acceptors (Lipinski definition) is 4. The van der Waals surface area contributed by atoms with E-state index in [0.717, 1.165) is 0 Å². The van der Waals surface area contributed by atoms with Crippen LogP contribution in [0.25, 0.3) is 0 Å². The van der Waals surface area contributed by atoms with Crippen LogP contribution in [-0.2, 0) is 6.42 Å². The largest absolute Gasteiger partial charge is 0.396 e. The molecule has 6 heteroatoms. The molecule has 0 aliphatic carbocycles. The molecule has 0 aliphatic rings. The highest BCUT2D eigenvalue weighted by atomic mass is 19.3. The Hall–Kier alpha value is -2.21. The van der Waals surface area contributed by atoms with Crippen LogP contribution in [-0.4, -0.2) is 4.98 Å². The number of nitrogens with two attached hydrogens (primary N) is 1. The van der Waals surface area contributed by atoms with E-state index in [4.69, 9.17) is 16.3 Å². The maximum Gasteiger partial charge on any atom is 0.282 e. The third-order valence-electron chi connectivity index (χ3n) is 1.73. The lowest BCUT2D eigenvalue weighted by atomic mass is 10.1. The Morgan fingerprint density at radius 3 is 2.60 bits per heavy atom. The quantitative estimate of drug-likeness (QED) is 0.798. The first-order chi connectivity index (χ1) is 7.10. The summed E-state index contributed by atoms with van der Waals surface area (Å²) in [5.74, 6) is 0. The second-order valence-electron chi connectivity index (χ2n) is 2.71. The van der Waals surface area contributed by atoms with Gasteiger partial charge in [0.25, 0.3) is 6.43 Å². The third-order valence-corrected chi connectivity index (χ3v) is 1.73. The number of halogens is 2. The van der Waals surface area contributed by atoms with Crippen molar-refractivity contribution in [3.8, 4) is 12.1 Å². The fourth-order valence-corrected chi connectivity index (χ4v) is 1.06. The van der Waals surface area contributed by atoms with Gasteiger partial charge in [0.1, 0.15) is 11.8 Å². The molecule has 76 valence electrons. The van der Waals surface area contributed by atoms with Crippen LogP contribution in [0.4, 0.5) is 14.5 Å². The van der Waals surface area contributed by atoms with Crippen molar-refractivity contribution in [2.45, 2.75) is 12.8 Å². The topological polar surface area (TPSA) is 86.5 Å². The summed E-state index contributed by atoms with van der Waals surface area (Å²) in [7, 11) is 0. The van der Waals surface area contributed by atoms with Crippen LogP contribution in [0.15, 0.2) is 6.07 Å². The van der Waals surface area contributed by atoms with Gasteiger partial charge in [0.15, 0.2) is 0 Å². The van der Waals surface area contributed by atoms with Crippen LogP contribution in [0, 0.1) is 22.7 Å². The molecule has 0 aromatic carbocycles. The van der Waals surface area contributed by atoms with Gasteiger partial charge in [-0.25, -0.2) is 13.8 Å². The maximum atomic E-state index is 12.4.